The van der Waals surface area contributed by atoms with Crippen LogP contribution in [0.25, 0.3) is 10.8 Å². The summed E-state index contributed by atoms with van der Waals surface area (Å²) < 4.78 is 1.07. The molecule has 0 fully saturated rings. The van der Waals surface area contributed by atoms with Crippen LogP contribution in [0.3, 0.4) is 0 Å². The Balaban J connectivity index is 1.99. The van der Waals surface area contributed by atoms with Gasteiger partial charge in [0.2, 0.25) is 0 Å². The van der Waals surface area contributed by atoms with Gasteiger partial charge in [0.05, 0.1) is 0 Å². The average Bonchev–Trinajstić information content (AvgIpc) is 2.49. The van der Waals surface area contributed by atoms with Crippen molar-refractivity contribution in [1.29, 1.82) is 0 Å². The molecule has 1 N–H and O–H groups in total. The van der Waals surface area contributed by atoms with Gasteiger partial charge in [0, 0.05) is 33.0 Å². The Hall–Kier alpha value is -1.58. The summed E-state index contributed by atoms with van der Waals surface area (Å²) >= 11 is 9.36. The zero-order valence-corrected chi connectivity index (χ0v) is 12.9. The van der Waals surface area contributed by atoms with Crippen molar-refractivity contribution in [2.24, 2.45) is 0 Å². The van der Waals surface area contributed by atoms with Gasteiger partial charge in [0.1, 0.15) is 5.82 Å². The van der Waals surface area contributed by atoms with Crippen LogP contribution in [0.2, 0.25) is 0 Å². The quantitative estimate of drug-likeness (QED) is 0.635. The summed E-state index contributed by atoms with van der Waals surface area (Å²) in [6, 6.07) is 16.1. The molecule has 2 nitrogen and oxygen atoms in total. The van der Waals surface area contributed by atoms with E-state index in [0.717, 1.165) is 32.3 Å². The minimum Gasteiger partial charge on any atom is -0.340 e. The largest absolute Gasteiger partial charge is 0.340 e. The zero-order chi connectivity index (χ0) is 13.9. The molecule has 0 radical (unpaired) electrons. The van der Waals surface area contributed by atoms with E-state index in [2.05, 4.69) is 32.3 Å². The van der Waals surface area contributed by atoms with E-state index >= 15 is 0 Å². The third kappa shape index (κ3) is 2.65. The van der Waals surface area contributed by atoms with Crippen molar-refractivity contribution in [1.82, 2.24) is 4.98 Å². The minimum atomic E-state index is 0.528. The molecule has 0 spiro atoms. The van der Waals surface area contributed by atoms with Crippen LogP contribution in [0.4, 0.5) is 11.5 Å². The number of anilines is 2. The van der Waals surface area contributed by atoms with Crippen molar-refractivity contribution in [3.8, 4) is 0 Å². The van der Waals surface area contributed by atoms with E-state index in [-0.39, 0.29) is 0 Å². The number of halogens is 2. The number of benzene rings is 2. The van der Waals surface area contributed by atoms with E-state index in [9.17, 15) is 0 Å². The maximum absolute atomic E-state index is 5.80. The van der Waals surface area contributed by atoms with Crippen LogP contribution < -0.4 is 5.32 Å². The summed E-state index contributed by atoms with van der Waals surface area (Å²) in [6.45, 7) is 0. The SMILES string of the molecule is ClCc1ccc(Nc2nccc3c(Br)cccc23)cc1. The van der Waals surface area contributed by atoms with Crippen LogP contribution in [-0.4, -0.2) is 4.98 Å². The summed E-state index contributed by atoms with van der Waals surface area (Å²) in [5, 5.41) is 5.58. The Morgan fingerprint density at radius 1 is 1.00 bits per heavy atom. The van der Waals surface area contributed by atoms with Gasteiger partial charge in [0.15, 0.2) is 0 Å². The zero-order valence-electron chi connectivity index (χ0n) is 10.6. The van der Waals surface area contributed by atoms with Gasteiger partial charge < -0.3 is 5.32 Å². The molecule has 1 heterocycles. The topological polar surface area (TPSA) is 24.9 Å². The first-order valence-electron chi connectivity index (χ1n) is 6.23. The standard InChI is InChI=1S/C16H12BrClN2/c17-15-3-1-2-14-13(15)8-9-19-16(14)20-12-6-4-11(10-18)5-7-12/h1-9H,10H2,(H,19,20). The fourth-order valence-electron chi connectivity index (χ4n) is 2.08. The molecule has 1 aromatic heterocycles. The number of hydrogen-bond acceptors (Lipinski definition) is 2. The maximum atomic E-state index is 5.80. The summed E-state index contributed by atoms with van der Waals surface area (Å²) in [6.07, 6.45) is 1.81. The molecule has 3 rings (SSSR count). The average molecular weight is 348 g/mol. The van der Waals surface area contributed by atoms with Crippen molar-refractivity contribution < 1.29 is 0 Å². The van der Waals surface area contributed by atoms with Crippen LogP contribution >= 0.6 is 27.5 Å². The van der Waals surface area contributed by atoms with E-state index < -0.39 is 0 Å². The number of alkyl halides is 1. The highest BCUT2D eigenvalue weighted by Gasteiger charge is 2.05. The molecule has 20 heavy (non-hydrogen) atoms. The van der Waals surface area contributed by atoms with Crippen LogP contribution in [0, 0.1) is 0 Å². The van der Waals surface area contributed by atoms with Gasteiger partial charge in [-0.25, -0.2) is 4.98 Å². The van der Waals surface area contributed by atoms with Crippen molar-refractivity contribution in [3.05, 3.63) is 64.8 Å². The Kier molecular flexibility index (Phi) is 3.90. The van der Waals surface area contributed by atoms with Gasteiger partial charge in [-0.3, -0.25) is 0 Å². The van der Waals surface area contributed by atoms with Gasteiger partial charge in [0.25, 0.3) is 0 Å². The van der Waals surface area contributed by atoms with Gasteiger partial charge in [-0.05, 0) is 29.8 Å². The molecule has 0 aliphatic heterocycles. The number of rotatable bonds is 3. The van der Waals surface area contributed by atoms with Crippen molar-refractivity contribution in [3.63, 3.8) is 0 Å². The Morgan fingerprint density at radius 2 is 1.80 bits per heavy atom. The lowest BCUT2D eigenvalue weighted by Crippen LogP contribution is -1.94. The summed E-state index contributed by atoms with van der Waals surface area (Å²) in [7, 11) is 0. The van der Waals surface area contributed by atoms with E-state index in [1.807, 2.05) is 48.7 Å². The fraction of sp³-hybridized carbons (Fsp3) is 0.0625. The molecule has 3 aromatic rings. The predicted octanol–water partition coefficient (Wildman–Crippen LogP) is 5.48. The Labute approximate surface area is 130 Å². The Bertz CT molecular complexity index is 741. The van der Waals surface area contributed by atoms with E-state index in [4.69, 9.17) is 11.6 Å². The van der Waals surface area contributed by atoms with Crippen molar-refractivity contribution >= 4 is 49.8 Å². The van der Waals surface area contributed by atoms with Crippen molar-refractivity contribution in [2.45, 2.75) is 5.88 Å². The molecule has 0 atom stereocenters. The maximum Gasteiger partial charge on any atom is 0.138 e. The molecule has 0 bridgehead atoms. The van der Waals surface area contributed by atoms with Gasteiger partial charge in [-0.2, -0.15) is 0 Å². The monoisotopic (exact) mass is 346 g/mol. The third-order valence-corrected chi connectivity index (χ3v) is 4.12. The molecular formula is C16H12BrClN2. The second-order valence-corrected chi connectivity index (χ2v) is 5.57. The molecule has 2 aromatic carbocycles. The lowest BCUT2D eigenvalue weighted by atomic mass is 10.1. The number of nitrogens with zero attached hydrogens (tertiary/aromatic N) is 1. The first kappa shape index (κ1) is 13.4. The molecule has 0 saturated carbocycles. The highest BCUT2D eigenvalue weighted by atomic mass is 79.9. The second kappa shape index (κ2) is 5.81. The number of fused-ring (bicyclic) bond motifs is 1. The molecule has 4 heteroatoms. The smallest absolute Gasteiger partial charge is 0.138 e. The molecular weight excluding hydrogens is 336 g/mol. The summed E-state index contributed by atoms with van der Waals surface area (Å²) in [5.41, 5.74) is 2.10. The summed E-state index contributed by atoms with van der Waals surface area (Å²) in [5.74, 6) is 1.38. The lowest BCUT2D eigenvalue weighted by Gasteiger charge is -2.10. The molecule has 0 saturated heterocycles. The Morgan fingerprint density at radius 3 is 2.55 bits per heavy atom. The van der Waals surface area contributed by atoms with Crippen LogP contribution in [0.15, 0.2) is 59.2 Å². The van der Waals surface area contributed by atoms with Crippen LogP contribution in [0.1, 0.15) is 5.56 Å². The number of pyridine rings is 1. The number of aromatic nitrogens is 1. The second-order valence-electron chi connectivity index (χ2n) is 4.45. The van der Waals surface area contributed by atoms with E-state index in [1.165, 1.54) is 0 Å². The first-order valence-corrected chi connectivity index (χ1v) is 7.56. The predicted molar refractivity (Wildman–Crippen MR) is 88.7 cm³/mol. The normalized spacial score (nSPS) is 10.7. The highest BCUT2D eigenvalue weighted by Crippen LogP contribution is 2.29. The highest BCUT2D eigenvalue weighted by molar-refractivity contribution is 9.10. The molecule has 0 aliphatic carbocycles. The fourth-order valence-corrected chi connectivity index (χ4v) is 2.76. The van der Waals surface area contributed by atoms with Crippen molar-refractivity contribution in [2.75, 3.05) is 5.32 Å². The number of nitrogens with one attached hydrogen (secondary N) is 1. The van der Waals surface area contributed by atoms with E-state index in [0.29, 0.717) is 5.88 Å². The molecule has 0 amide bonds. The van der Waals surface area contributed by atoms with Gasteiger partial charge >= 0.3 is 0 Å². The van der Waals surface area contributed by atoms with E-state index in [1.54, 1.807) is 0 Å². The third-order valence-electron chi connectivity index (χ3n) is 3.12. The molecule has 0 unspecified atom stereocenters. The minimum absolute atomic E-state index is 0.528. The van der Waals surface area contributed by atoms with Crippen LogP contribution in [0.5, 0.6) is 0 Å². The van der Waals surface area contributed by atoms with Gasteiger partial charge in [-0.1, -0.05) is 40.2 Å². The molecule has 100 valence electrons. The molecule has 0 aliphatic rings. The van der Waals surface area contributed by atoms with Gasteiger partial charge in [-0.15, -0.1) is 11.6 Å². The summed E-state index contributed by atoms with van der Waals surface area (Å²) in [4.78, 5) is 4.43. The lowest BCUT2D eigenvalue weighted by molar-refractivity contribution is 1.33. The van der Waals surface area contributed by atoms with Crippen LogP contribution in [-0.2, 0) is 5.88 Å². The number of hydrogen-bond donors (Lipinski definition) is 1. The first-order chi connectivity index (χ1) is 9.78.